The summed E-state index contributed by atoms with van der Waals surface area (Å²) in [5.74, 6) is 0.0486. The normalized spacial score (nSPS) is 20.9. The number of aromatic nitrogens is 1. The van der Waals surface area contributed by atoms with Crippen molar-refractivity contribution in [1.29, 1.82) is 0 Å². The summed E-state index contributed by atoms with van der Waals surface area (Å²) in [6.45, 7) is 4.07. The van der Waals surface area contributed by atoms with E-state index in [0.29, 0.717) is 6.04 Å². The van der Waals surface area contributed by atoms with Crippen LogP contribution in [0.2, 0.25) is 0 Å². The van der Waals surface area contributed by atoms with Gasteiger partial charge in [-0.15, -0.1) is 0 Å². The van der Waals surface area contributed by atoms with Crippen LogP contribution in [-0.4, -0.2) is 29.6 Å². The standard InChI is InChI=1S/C13H21N3O/c1-10-5-6-12(16(10)2)13(17)15-11-4-3-8-14-9-7-11/h5-6,11,14H,3-4,7-9H2,1-2H3,(H,15,17). The van der Waals surface area contributed by atoms with Crippen LogP contribution >= 0.6 is 0 Å². The van der Waals surface area contributed by atoms with Gasteiger partial charge < -0.3 is 15.2 Å². The van der Waals surface area contributed by atoms with Gasteiger partial charge >= 0.3 is 0 Å². The molecule has 1 atom stereocenters. The summed E-state index contributed by atoms with van der Waals surface area (Å²) in [5, 5.41) is 6.48. The van der Waals surface area contributed by atoms with Crippen LogP contribution < -0.4 is 10.6 Å². The Hall–Kier alpha value is -1.29. The van der Waals surface area contributed by atoms with Gasteiger partial charge in [-0.1, -0.05) is 0 Å². The first-order valence-corrected chi connectivity index (χ1v) is 6.32. The zero-order valence-electron chi connectivity index (χ0n) is 10.6. The lowest BCUT2D eigenvalue weighted by atomic mass is 10.1. The highest BCUT2D eigenvalue weighted by Crippen LogP contribution is 2.09. The molecule has 1 aromatic heterocycles. The summed E-state index contributed by atoms with van der Waals surface area (Å²) in [4.78, 5) is 12.1. The van der Waals surface area contributed by atoms with Crippen molar-refractivity contribution in [2.75, 3.05) is 13.1 Å². The summed E-state index contributed by atoms with van der Waals surface area (Å²) >= 11 is 0. The molecule has 0 aromatic carbocycles. The van der Waals surface area contributed by atoms with Gasteiger partial charge in [0.1, 0.15) is 5.69 Å². The second-order valence-electron chi connectivity index (χ2n) is 4.77. The number of hydrogen-bond donors (Lipinski definition) is 2. The number of aryl methyl sites for hydroxylation is 1. The Morgan fingerprint density at radius 2 is 2.24 bits per heavy atom. The Labute approximate surface area is 102 Å². The van der Waals surface area contributed by atoms with Crippen LogP contribution in [0.5, 0.6) is 0 Å². The number of carbonyl (C=O) groups is 1. The average molecular weight is 235 g/mol. The molecule has 2 heterocycles. The Morgan fingerprint density at radius 1 is 1.41 bits per heavy atom. The smallest absolute Gasteiger partial charge is 0.268 e. The third kappa shape index (κ3) is 2.88. The van der Waals surface area contributed by atoms with Crippen molar-refractivity contribution in [1.82, 2.24) is 15.2 Å². The molecule has 1 unspecified atom stereocenters. The lowest BCUT2D eigenvalue weighted by molar-refractivity contribution is 0.0925. The first-order chi connectivity index (χ1) is 8.18. The molecule has 2 rings (SSSR count). The zero-order chi connectivity index (χ0) is 12.3. The van der Waals surface area contributed by atoms with E-state index in [2.05, 4.69) is 10.6 Å². The van der Waals surface area contributed by atoms with E-state index in [1.165, 1.54) is 0 Å². The monoisotopic (exact) mass is 235 g/mol. The van der Waals surface area contributed by atoms with Crippen molar-refractivity contribution >= 4 is 5.91 Å². The summed E-state index contributed by atoms with van der Waals surface area (Å²) in [7, 11) is 1.93. The molecule has 1 aliphatic rings. The van der Waals surface area contributed by atoms with Crippen molar-refractivity contribution in [3.63, 3.8) is 0 Å². The first kappa shape index (κ1) is 12.2. The minimum absolute atomic E-state index is 0.0486. The molecule has 0 aliphatic carbocycles. The van der Waals surface area contributed by atoms with Crippen LogP contribution in [0.25, 0.3) is 0 Å². The van der Waals surface area contributed by atoms with Gasteiger partial charge in [0.05, 0.1) is 0 Å². The number of nitrogens with one attached hydrogen (secondary N) is 2. The topological polar surface area (TPSA) is 46.1 Å². The van der Waals surface area contributed by atoms with Crippen LogP contribution in [0.4, 0.5) is 0 Å². The van der Waals surface area contributed by atoms with E-state index in [-0.39, 0.29) is 5.91 Å². The SMILES string of the molecule is Cc1ccc(C(=O)NC2CCCNCC2)n1C. The Balaban J connectivity index is 1.98. The molecule has 0 radical (unpaired) electrons. The molecule has 1 aromatic rings. The fourth-order valence-electron chi connectivity index (χ4n) is 2.26. The molecule has 1 fully saturated rings. The first-order valence-electron chi connectivity index (χ1n) is 6.32. The van der Waals surface area contributed by atoms with E-state index in [0.717, 1.165) is 43.7 Å². The Morgan fingerprint density at radius 3 is 2.94 bits per heavy atom. The third-order valence-electron chi connectivity index (χ3n) is 3.52. The highest BCUT2D eigenvalue weighted by Gasteiger charge is 2.17. The van der Waals surface area contributed by atoms with E-state index < -0.39 is 0 Å². The number of nitrogens with zero attached hydrogens (tertiary/aromatic N) is 1. The molecule has 1 aliphatic heterocycles. The van der Waals surface area contributed by atoms with Crippen LogP contribution in [0.15, 0.2) is 12.1 Å². The van der Waals surface area contributed by atoms with Crippen molar-refractivity contribution in [3.8, 4) is 0 Å². The average Bonchev–Trinajstić information content (AvgIpc) is 2.55. The molecule has 94 valence electrons. The van der Waals surface area contributed by atoms with Gasteiger partial charge in [0.2, 0.25) is 0 Å². The molecule has 17 heavy (non-hydrogen) atoms. The predicted molar refractivity (Wildman–Crippen MR) is 68.1 cm³/mol. The minimum Gasteiger partial charge on any atom is -0.348 e. The molecular weight excluding hydrogens is 214 g/mol. The van der Waals surface area contributed by atoms with E-state index >= 15 is 0 Å². The van der Waals surface area contributed by atoms with Crippen molar-refractivity contribution in [3.05, 3.63) is 23.5 Å². The maximum absolute atomic E-state index is 12.1. The molecule has 4 nitrogen and oxygen atoms in total. The zero-order valence-corrected chi connectivity index (χ0v) is 10.6. The molecule has 0 spiro atoms. The van der Waals surface area contributed by atoms with Crippen LogP contribution in [0.1, 0.15) is 35.4 Å². The van der Waals surface area contributed by atoms with Gasteiger partial charge in [0.15, 0.2) is 0 Å². The van der Waals surface area contributed by atoms with Gasteiger partial charge in [-0.25, -0.2) is 0 Å². The largest absolute Gasteiger partial charge is 0.348 e. The van der Waals surface area contributed by atoms with E-state index in [9.17, 15) is 4.79 Å². The fourth-order valence-corrected chi connectivity index (χ4v) is 2.26. The van der Waals surface area contributed by atoms with Crippen molar-refractivity contribution < 1.29 is 4.79 Å². The summed E-state index contributed by atoms with van der Waals surface area (Å²) in [6.07, 6.45) is 3.23. The number of carbonyl (C=O) groups excluding carboxylic acids is 1. The molecule has 0 saturated carbocycles. The molecular formula is C13H21N3O. The molecule has 1 amide bonds. The van der Waals surface area contributed by atoms with Crippen molar-refractivity contribution in [2.24, 2.45) is 7.05 Å². The second kappa shape index (κ2) is 5.36. The molecule has 1 saturated heterocycles. The highest BCUT2D eigenvalue weighted by molar-refractivity contribution is 5.93. The quantitative estimate of drug-likeness (QED) is 0.809. The van der Waals surface area contributed by atoms with E-state index in [4.69, 9.17) is 0 Å². The molecule has 2 N–H and O–H groups in total. The van der Waals surface area contributed by atoms with Crippen LogP contribution in [-0.2, 0) is 7.05 Å². The van der Waals surface area contributed by atoms with Crippen molar-refractivity contribution in [2.45, 2.75) is 32.2 Å². The summed E-state index contributed by atoms with van der Waals surface area (Å²) in [5.41, 5.74) is 1.86. The highest BCUT2D eigenvalue weighted by atomic mass is 16.2. The van der Waals surface area contributed by atoms with Gasteiger partial charge in [-0.3, -0.25) is 4.79 Å². The van der Waals surface area contributed by atoms with Gasteiger partial charge in [0, 0.05) is 18.8 Å². The molecule has 4 heteroatoms. The van der Waals surface area contributed by atoms with Gasteiger partial charge in [-0.05, 0) is 51.4 Å². The van der Waals surface area contributed by atoms with Crippen LogP contribution in [0, 0.1) is 6.92 Å². The fraction of sp³-hybridized carbons (Fsp3) is 0.615. The summed E-state index contributed by atoms with van der Waals surface area (Å²) in [6, 6.07) is 4.18. The van der Waals surface area contributed by atoms with Gasteiger partial charge in [-0.2, -0.15) is 0 Å². The number of rotatable bonds is 2. The van der Waals surface area contributed by atoms with E-state index in [1.54, 1.807) is 0 Å². The minimum atomic E-state index is 0.0486. The number of hydrogen-bond acceptors (Lipinski definition) is 2. The van der Waals surface area contributed by atoms with Gasteiger partial charge in [0.25, 0.3) is 5.91 Å². The molecule has 0 bridgehead atoms. The number of amides is 1. The predicted octanol–water partition coefficient (Wildman–Crippen LogP) is 1.21. The second-order valence-corrected chi connectivity index (χ2v) is 4.77. The lowest BCUT2D eigenvalue weighted by Crippen LogP contribution is -2.36. The van der Waals surface area contributed by atoms with E-state index in [1.807, 2.05) is 30.7 Å². The Kier molecular flexibility index (Phi) is 3.84. The lowest BCUT2D eigenvalue weighted by Gasteiger charge is -2.16. The maximum Gasteiger partial charge on any atom is 0.268 e. The third-order valence-corrected chi connectivity index (χ3v) is 3.52. The maximum atomic E-state index is 12.1. The Bertz CT molecular complexity index is 389. The van der Waals surface area contributed by atoms with Crippen LogP contribution in [0.3, 0.4) is 0 Å². The summed E-state index contributed by atoms with van der Waals surface area (Å²) < 4.78 is 1.93.